The molecule has 1 aliphatic heterocycles. The average Bonchev–Trinajstić information content (AvgIpc) is 3.11. The highest BCUT2D eigenvalue weighted by Crippen LogP contribution is 2.11. The first-order valence-electron chi connectivity index (χ1n) is 7.17. The molecule has 3 heterocycles. The quantitative estimate of drug-likeness (QED) is 0.887. The number of nitrogens with one attached hydrogen (secondary N) is 2. The molecule has 0 saturated carbocycles. The van der Waals surface area contributed by atoms with Gasteiger partial charge in [0.05, 0.1) is 12.7 Å². The SMILES string of the molecule is CC1CC(NC(=O)c2cn(Cc3cccs3)nn2)CCN1.Cl. The first kappa shape index (κ1) is 16.9. The molecule has 120 valence electrons. The molecule has 1 amide bonds. The summed E-state index contributed by atoms with van der Waals surface area (Å²) in [7, 11) is 0. The van der Waals surface area contributed by atoms with E-state index in [2.05, 4.69) is 27.9 Å². The number of hydrogen-bond acceptors (Lipinski definition) is 5. The lowest BCUT2D eigenvalue weighted by Crippen LogP contribution is -2.46. The molecule has 2 aromatic heterocycles. The van der Waals surface area contributed by atoms with Crippen LogP contribution in [-0.2, 0) is 6.54 Å². The highest BCUT2D eigenvalue weighted by Gasteiger charge is 2.21. The Bertz CT molecular complexity index is 600. The Morgan fingerprint density at radius 1 is 1.59 bits per heavy atom. The van der Waals surface area contributed by atoms with Crippen LogP contribution < -0.4 is 10.6 Å². The van der Waals surface area contributed by atoms with Gasteiger partial charge in [-0.25, -0.2) is 4.68 Å². The summed E-state index contributed by atoms with van der Waals surface area (Å²) in [5.41, 5.74) is 0.387. The number of rotatable bonds is 4. The molecule has 2 unspecified atom stereocenters. The number of aromatic nitrogens is 3. The van der Waals surface area contributed by atoms with Gasteiger partial charge in [0, 0.05) is 17.0 Å². The third-order valence-corrected chi connectivity index (χ3v) is 4.49. The van der Waals surface area contributed by atoms with Gasteiger partial charge in [0.25, 0.3) is 5.91 Å². The maximum atomic E-state index is 12.2. The number of amides is 1. The van der Waals surface area contributed by atoms with Gasteiger partial charge in [0.2, 0.25) is 0 Å². The average molecular weight is 342 g/mol. The van der Waals surface area contributed by atoms with Crippen LogP contribution in [0.4, 0.5) is 0 Å². The van der Waals surface area contributed by atoms with Gasteiger partial charge in [-0.2, -0.15) is 0 Å². The molecule has 0 aromatic carbocycles. The predicted octanol–water partition coefficient (Wildman–Crippen LogP) is 1.68. The summed E-state index contributed by atoms with van der Waals surface area (Å²) in [5.74, 6) is -0.133. The molecule has 22 heavy (non-hydrogen) atoms. The summed E-state index contributed by atoms with van der Waals surface area (Å²) in [6, 6.07) is 4.71. The monoisotopic (exact) mass is 341 g/mol. The number of halogens is 1. The van der Waals surface area contributed by atoms with Gasteiger partial charge in [-0.05, 0) is 37.8 Å². The van der Waals surface area contributed by atoms with Gasteiger partial charge < -0.3 is 10.6 Å². The third-order valence-electron chi connectivity index (χ3n) is 3.63. The summed E-state index contributed by atoms with van der Waals surface area (Å²) in [6.07, 6.45) is 3.62. The number of thiophene rings is 1. The summed E-state index contributed by atoms with van der Waals surface area (Å²) in [5, 5.41) is 16.4. The summed E-state index contributed by atoms with van der Waals surface area (Å²) in [6.45, 7) is 3.73. The molecular weight excluding hydrogens is 322 g/mol. The molecule has 2 N–H and O–H groups in total. The topological polar surface area (TPSA) is 71.8 Å². The first-order chi connectivity index (χ1) is 10.2. The van der Waals surface area contributed by atoms with Crippen LogP contribution in [0.1, 0.15) is 35.1 Å². The Hall–Kier alpha value is -1.44. The van der Waals surface area contributed by atoms with Crippen LogP contribution in [0.25, 0.3) is 0 Å². The van der Waals surface area contributed by atoms with Gasteiger partial charge >= 0.3 is 0 Å². The van der Waals surface area contributed by atoms with Crippen LogP contribution in [0.5, 0.6) is 0 Å². The van der Waals surface area contributed by atoms with Crippen molar-refractivity contribution >= 4 is 29.7 Å². The molecule has 0 spiro atoms. The smallest absolute Gasteiger partial charge is 0.273 e. The molecule has 0 aliphatic carbocycles. The van der Waals surface area contributed by atoms with E-state index in [-0.39, 0.29) is 24.4 Å². The van der Waals surface area contributed by atoms with Crippen molar-refractivity contribution in [3.8, 4) is 0 Å². The van der Waals surface area contributed by atoms with Crippen LogP contribution >= 0.6 is 23.7 Å². The standard InChI is InChI=1S/C14H19N5OS.ClH/c1-10-7-11(4-5-15-10)16-14(20)13-9-19(18-17-13)8-12-3-2-6-21-12;/h2-3,6,9-11,15H,4-5,7-8H2,1H3,(H,16,20);1H. The molecule has 2 aromatic rings. The normalized spacial score (nSPS) is 21.1. The minimum Gasteiger partial charge on any atom is -0.348 e. The third kappa shape index (κ3) is 4.28. The van der Waals surface area contributed by atoms with E-state index in [1.165, 1.54) is 4.88 Å². The second kappa shape index (κ2) is 7.71. The zero-order valence-electron chi connectivity index (χ0n) is 12.4. The minimum absolute atomic E-state index is 0. The number of carbonyl (C=O) groups excluding carboxylic acids is 1. The van der Waals surface area contributed by atoms with Crippen molar-refractivity contribution < 1.29 is 4.79 Å². The zero-order chi connectivity index (χ0) is 14.7. The molecule has 0 bridgehead atoms. The van der Waals surface area contributed by atoms with E-state index in [0.717, 1.165) is 19.4 Å². The van der Waals surface area contributed by atoms with E-state index in [9.17, 15) is 4.79 Å². The molecule has 8 heteroatoms. The second-order valence-electron chi connectivity index (χ2n) is 5.43. The Morgan fingerprint density at radius 3 is 3.18 bits per heavy atom. The predicted molar refractivity (Wildman–Crippen MR) is 88.6 cm³/mol. The van der Waals surface area contributed by atoms with Crippen molar-refractivity contribution in [1.82, 2.24) is 25.6 Å². The maximum Gasteiger partial charge on any atom is 0.273 e. The van der Waals surface area contributed by atoms with Crippen LogP contribution in [0, 0.1) is 0 Å². The largest absolute Gasteiger partial charge is 0.348 e. The Kier molecular flexibility index (Phi) is 5.93. The highest BCUT2D eigenvalue weighted by atomic mass is 35.5. The van der Waals surface area contributed by atoms with Crippen molar-refractivity contribution in [3.63, 3.8) is 0 Å². The lowest BCUT2D eigenvalue weighted by Gasteiger charge is -2.28. The van der Waals surface area contributed by atoms with Crippen LogP contribution in [0.2, 0.25) is 0 Å². The van der Waals surface area contributed by atoms with Gasteiger partial charge in [0.15, 0.2) is 5.69 Å². The number of hydrogen-bond donors (Lipinski definition) is 2. The molecule has 6 nitrogen and oxygen atoms in total. The fourth-order valence-corrected chi connectivity index (χ4v) is 3.26. The number of nitrogens with zero attached hydrogens (tertiary/aromatic N) is 3. The Labute approximate surface area is 139 Å². The maximum absolute atomic E-state index is 12.2. The summed E-state index contributed by atoms with van der Waals surface area (Å²) >= 11 is 1.67. The van der Waals surface area contributed by atoms with Gasteiger partial charge in [-0.1, -0.05) is 11.3 Å². The van der Waals surface area contributed by atoms with Crippen molar-refractivity contribution in [2.75, 3.05) is 6.54 Å². The van der Waals surface area contributed by atoms with E-state index in [1.807, 2.05) is 17.5 Å². The molecule has 1 saturated heterocycles. The van der Waals surface area contributed by atoms with E-state index >= 15 is 0 Å². The Morgan fingerprint density at radius 2 is 2.45 bits per heavy atom. The Balaban J connectivity index is 0.00000176. The number of carbonyl (C=O) groups is 1. The molecule has 2 atom stereocenters. The lowest BCUT2D eigenvalue weighted by atomic mass is 10.0. The van der Waals surface area contributed by atoms with E-state index in [0.29, 0.717) is 18.3 Å². The van der Waals surface area contributed by atoms with Crippen LogP contribution in [0.15, 0.2) is 23.7 Å². The molecule has 1 fully saturated rings. The van der Waals surface area contributed by atoms with Gasteiger partial charge in [-0.3, -0.25) is 4.79 Å². The zero-order valence-corrected chi connectivity index (χ0v) is 14.0. The van der Waals surface area contributed by atoms with Crippen molar-refractivity contribution in [2.45, 2.75) is 38.4 Å². The minimum atomic E-state index is -0.133. The van der Waals surface area contributed by atoms with Gasteiger partial charge in [-0.15, -0.1) is 28.8 Å². The van der Waals surface area contributed by atoms with Crippen molar-refractivity contribution in [3.05, 3.63) is 34.3 Å². The van der Waals surface area contributed by atoms with E-state index in [4.69, 9.17) is 0 Å². The first-order valence-corrected chi connectivity index (χ1v) is 8.05. The fourth-order valence-electron chi connectivity index (χ4n) is 2.56. The molecule has 1 aliphatic rings. The molecule has 3 rings (SSSR count). The fraction of sp³-hybridized carbons (Fsp3) is 0.500. The molecular formula is C14H20ClN5OS. The summed E-state index contributed by atoms with van der Waals surface area (Å²) < 4.78 is 1.70. The second-order valence-corrected chi connectivity index (χ2v) is 6.46. The molecule has 0 radical (unpaired) electrons. The van der Waals surface area contributed by atoms with Crippen LogP contribution in [0.3, 0.4) is 0 Å². The van der Waals surface area contributed by atoms with Gasteiger partial charge in [0.1, 0.15) is 0 Å². The summed E-state index contributed by atoms with van der Waals surface area (Å²) in [4.78, 5) is 13.4. The van der Waals surface area contributed by atoms with E-state index < -0.39 is 0 Å². The highest BCUT2D eigenvalue weighted by molar-refractivity contribution is 7.09. The van der Waals surface area contributed by atoms with Crippen molar-refractivity contribution in [1.29, 1.82) is 0 Å². The van der Waals surface area contributed by atoms with Crippen molar-refractivity contribution in [2.24, 2.45) is 0 Å². The van der Waals surface area contributed by atoms with Crippen LogP contribution in [-0.4, -0.2) is 39.5 Å². The number of piperidine rings is 1. The van der Waals surface area contributed by atoms with E-state index in [1.54, 1.807) is 22.2 Å². The lowest BCUT2D eigenvalue weighted by molar-refractivity contribution is 0.0920.